The Balaban J connectivity index is 0.000000260. The number of ether oxygens (including phenoxy) is 2. The number of hydrogen-bond acceptors (Lipinski definition) is 17. The molecule has 0 atom stereocenters. The molecule has 0 spiro atoms. The van der Waals surface area contributed by atoms with E-state index in [-0.39, 0.29) is 122 Å². The van der Waals surface area contributed by atoms with Gasteiger partial charge in [-0.25, -0.2) is 19.6 Å². The maximum Gasteiger partial charge on any atom is 1.00 e. The quantitative estimate of drug-likeness (QED) is 0.0755. The number of rotatable bonds is 10. The molecule has 21 heteroatoms. The van der Waals surface area contributed by atoms with Gasteiger partial charge < -0.3 is 53.8 Å². The van der Waals surface area contributed by atoms with Gasteiger partial charge in [0.2, 0.25) is 0 Å². The number of nitrogens with zero attached hydrogens (tertiary/aromatic N) is 9. The standard InChI is InChI=1S/C24H27N5O3.C21H21N5O2.C4H10O.CH2O3.2K.H/c1-16-14-29-15-21(26-23(29)17(2)25-16)22-12-18-4-5-19(13-20(18)24(30)32-22)28-8-6-27(7-9-28)10-11-31-3;1-13-11-26-12-18(24-20(26)14(2)23-13)19-9-15-3-4-16(10-17(15)21(27)28-19)25-7-5-22-6-8-25;1-3-4-5-2;2-1-4-3;;;/h4-5,12-15H,6-11H2,1-3H3;3-4,9-12,22H,5-8H2,1-2H3;3-4H2,1-2H3;1,3H;;;/q;;;;2*+1;-1/p-1. The maximum atomic E-state index is 12.9. The second-order valence-electron chi connectivity index (χ2n) is 16.7. The van der Waals surface area contributed by atoms with Crippen molar-refractivity contribution in [2.75, 3.05) is 96.1 Å². The van der Waals surface area contributed by atoms with E-state index in [1.54, 1.807) is 14.2 Å². The van der Waals surface area contributed by atoms with E-state index < -0.39 is 0 Å². The smallest absolute Gasteiger partial charge is 1.00 e. The number of benzene rings is 2. The van der Waals surface area contributed by atoms with E-state index in [4.69, 9.17) is 28.4 Å². The molecule has 6 aromatic heterocycles. The molecule has 2 saturated heterocycles. The van der Waals surface area contributed by atoms with Crippen LogP contribution in [-0.4, -0.2) is 126 Å². The number of anilines is 2. The summed E-state index contributed by atoms with van der Waals surface area (Å²) in [5, 5.41) is 14.7. The Bertz CT molecular complexity index is 3150. The summed E-state index contributed by atoms with van der Waals surface area (Å²) in [5.74, 6) is 0.927. The van der Waals surface area contributed by atoms with Crippen molar-refractivity contribution in [1.82, 2.24) is 39.0 Å². The second kappa shape index (κ2) is 28.1. The number of fused-ring (bicyclic) bond motifs is 4. The summed E-state index contributed by atoms with van der Waals surface area (Å²) in [6.07, 6.45) is 8.70. The van der Waals surface area contributed by atoms with Crippen LogP contribution in [0.3, 0.4) is 0 Å². The van der Waals surface area contributed by atoms with Crippen LogP contribution < -0.4 is 134 Å². The van der Waals surface area contributed by atoms with E-state index >= 15 is 0 Å². The predicted octanol–water partition coefficient (Wildman–Crippen LogP) is -0.985. The molecule has 8 heterocycles. The first-order chi connectivity index (χ1) is 33.4. The van der Waals surface area contributed by atoms with Gasteiger partial charge in [0, 0.05) is 116 Å². The van der Waals surface area contributed by atoms with Crippen LogP contribution in [0.15, 0.2) is 91.7 Å². The molecule has 0 aliphatic carbocycles. The molecule has 71 heavy (non-hydrogen) atoms. The minimum Gasteiger partial charge on any atom is -1.00 e. The first-order valence-corrected chi connectivity index (χ1v) is 22.9. The van der Waals surface area contributed by atoms with Gasteiger partial charge in [0.15, 0.2) is 22.8 Å². The van der Waals surface area contributed by atoms with Crippen LogP contribution in [0, 0.1) is 27.7 Å². The zero-order valence-electron chi connectivity index (χ0n) is 43.2. The molecule has 8 aromatic rings. The Morgan fingerprint density at radius 1 is 0.662 bits per heavy atom. The van der Waals surface area contributed by atoms with Crippen molar-refractivity contribution in [1.29, 1.82) is 0 Å². The second-order valence-corrected chi connectivity index (χ2v) is 16.7. The minimum atomic E-state index is -0.346. The summed E-state index contributed by atoms with van der Waals surface area (Å²) in [7, 11) is 3.44. The van der Waals surface area contributed by atoms with Crippen molar-refractivity contribution in [2.45, 2.75) is 41.0 Å². The van der Waals surface area contributed by atoms with Gasteiger partial charge in [0.1, 0.15) is 11.4 Å². The predicted molar refractivity (Wildman–Crippen MR) is 264 cm³/mol. The summed E-state index contributed by atoms with van der Waals surface area (Å²) in [6.45, 7) is 19.8. The van der Waals surface area contributed by atoms with Gasteiger partial charge in [-0.3, -0.25) is 19.7 Å². The van der Waals surface area contributed by atoms with E-state index in [1.807, 2.05) is 97.7 Å². The number of nitrogens with one attached hydrogen (secondary N) is 1. The van der Waals surface area contributed by atoms with Crippen LogP contribution in [-0.2, 0) is 19.2 Å². The molecule has 2 aliphatic heterocycles. The monoisotopic (exact) mass is 1020 g/mol. The van der Waals surface area contributed by atoms with Crippen molar-refractivity contribution in [3.8, 4) is 22.9 Å². The van der Waals surface area contributed by atoms with Gasteiger partial charge in [-0.2, -0.15) is 0 Å². The summed E-state index contributed by atoms with van der Waals surface area (Å²) in [4.78, 5) is 62.0. The Morgan fingerprint density at radius 2 is 1.11 bits per heavy atom. The fourth-order valence-corrected chi connectivity index (χ4v) is 8.41. The van der Waals surface area contributed by atoms with Crippen LogP contribution in [0.25, 0.3) is 55.7 Å². The molecule has 2 aromatic carbocycles. The fraction of sp³-hybridized carbons (Fsp3) is 0.380. The Morgan fingerprint density at radius 3 is 1.52 bits per heavy atom. The molecule has 10 rings (SSSR count). The first-order valence-electron chi connectivity index (χ1n) is 22.9. The molecule has 2 aliphatic rings. The third-order valence-corrected chi connectivity index (χ3v) is 11.7. The van der Waals surface area contributed by atoms with Gasteiger partial charge in [-0.05, 0) is 81.3 Å². The van der Waals surface area contributed by atoms with Gasteiger partial charge in [-0.1, -0.05) is 19.1 Å². The number of aryl methyl sites for hydroxylation is 4. The molecule has 0 saturated carbocycles. The van der Waals surface area contributed by atoms with E-state index in [0.29, 0.717) is 33.7 Å². The number of methoxy groups -OCH3 is 2. The normalized spacial score (nSPS) is 13.6. The molecule has 366 valence electrons. The summed E-state index contributed by atoms with van der Waals surface area (Å²) < 4.78 is 25.0. The number of piperazine rings is 2. The first kappa shape index (κ1) is 58.1. The topological polar surface area (TPSA) is 210 Å². The SMILES string of the molecule is CCCOC.COCCN1CCN(c2ccc3cc(-c4cn5cc(C)nc(C)c5n4)oc(=O)c3c2)CC1.Cc1cn2cc(-c3cc4ccc(N5CCNCC5)cc4c(=O)o3)nc2c(C)n1.O=CO[O-].[H-].[K+].[K+]. The average molecular weight is 1020 g/mol. The molecule has 0 unspecified atom stereocenters. The molecule has 19 nitrogen and oxygen atoms in total. The molecule has 1 N–H and O–H groups in total. The van der Waals surface area contributed by atoms with Gasteiger partial charge >= 0.3 is 114 Å². The Hall–Kier alpha value is -3.76. The molecule has 2 fully saturated rings. The zero-order chi connectivity index (χ0) is 49.0. The summed E-state index contributed by atoms with van der Waals surface area (Å²) >= 11 is 0. The van der Waals surface area contributed by atoms with Crippen molar-refractivity contribution < 1.29 is 137 Å². The van der Waals surface area contributed by atoms with E-state index in [9.17, 15) is 9.59 Å². The van der Waals surface area contributed by atoms with Crippen LogP contribution in [0.2, 0.25) is 0 Å². The third kappa shape index (κ3) is 14.9. The summed E-state index contributed by atoms with van der Waals surface area (Å²) in [6, 6.07) is 15.8. The van der Waals surface area contributed by atoms with Crippen molar-refractivity contribution >= 4 is 50.7 Å². The Kier molecular flexibility index (Phi) is 23.0. The fourth-order valence-electron chi connectivity index (χ4n) is 8.41. The molecule has 0 radical (unpaired) electrons. The zero-order valence-corrected chi connectivity index (χ0v) is 48.4. The van der Waals surface area contributed by atoms with Gasteiger partial charge in [0.25, 0.3) is 6.47 Å². The number of carbonyl (C=O) groups excluding carboxylic acids is 1. The van der Waals surface area contributed by atoms with Crippen molar-refractivity contribution in [3.63, 3.8) is 0 Å². The van der Waals surface area contributed by atoms with Crippen LogP contribution in [0.4, 0.5) is 11.4 Å². The van der Waals surface area contributed by atoms with Gasteiger partial charge in [0.05, 0.1) is 40.2 Å². The minimum absolute atomic E-state index is 0. The van der Waals surface area contributed by atoms with E-state index in [0.717, 1.165) is 135 Å². The van der Waals surface area contributed by atoms with Crippen molar-refractivity contribution in [2.24, 2.45) is 0 Å². The third-order valence-electron chi connectivity index (χ3n) is 11.7. The van der Waals surface area contributed by atoms with E-state index in [1.165, 1.54) is 0 Å². The summed E-state index contributed by atoms with van der Waals surface area (Å²) in [5.41, 5.74) is 7.69. The number of hydrogen-bond donors (Lipinski definition) is 1. The molecular weight excluding hydrogens is 963 g/mol. The van der Waals surface area contributed by atoms with Crippen LogP contribution in [0.1, 0.15) is 37.5 Å². The number of aromatic nitrogens is 6. The van der Waals surface area contributed by atoms with Crippen LogP contribution >= 0.6 is 0 Å². The largest absolute Gasteiger partial charge is 1.00 e. The molecule has 0 bridgehead atoms. The molecule has 0 amide bonds. The number of carbonyl (C=O) groups is 1. The molecular formula is C50H60K2N10O9. The van der Waals surface area contributed by atoms with Crippen molar-refractivity contribution in [3.05, 3.63) is 117 Å². The van der Waals surface area contributed by atoms with E-state index in [2.05, 4.69) is 63.9 Å². The van der Waals surface area contributed by atoms with Gasteiger partial charge in [-0.15, -0.1) is 0 Å². The number of imidazole rings is 2. The average Bonchev–Trinajstić information content (AvgIpc) is 4.00. The maximum absolute atomic E-state index is 12.9. The Labute approximate surface area is 498 Å². The van der Waals surface area contributed by atoms with Crippen LogP contribution in [0.5, 0.6) is 0 Å².